The molecule has 0 aliphatic carbocycles. The minimum atomic E-state index is -3.61. The van der Waals surface area contributed by atoms with Gasteiger partial charge in [0.2, 0.25) is 10.0 Å². The Morgan fingerprint density at radius 3 is 2.52 bits per heavy atom. The fraction of sp³-hybridized carbons (Fsp3) is 0.280. The van der Waals surface area contributed by atoms with Gasteiger partial charge in [-0.05, 0) is 73.4 Å². The predicted octanol–water partition coefficient (Wildman–Crippen LogP) is 5.11. The molecule has 8 heteroatoms. The van der Waals surface area contributed by atoms with E-state index in [1.165, 1.54) is 10.4 Å². The van der Waals surface area contributed by atoms with Gasteiger partial charge < -0.3 is 5.32 Å². The smallest absolute Gasteiger partial charge is 0.255 e. The van der Waals surface area contributed by atoms with Crippen LogP contribution in [0.2, 0.25) is 0 Å². The molecule has 0 radical (unpaired) electrons. The van der Waals surface area contributed by atoms with Crippen LogP contribution in [0.25, 0.3) is 0 Å². The van der Waals surface area contributed by atoms with Gasteiger partial charge in [0, 0.05) is 47.4 Å². The molecule has 1 saturated heterocycles. The van der Waals surface area contributed by atoms with Crippen molar-refractivity contribution in [2.75, 3.05) is 18.4 Å². The highest BCUT2D eigenvalue weighted by molar-refractivity contribution is 7.98. The summed E-state index contributed by atoms with van der Waals surface area (Å²) in [6.45, 7) is 2.83. The lowest BCUT2D eigenvalue weighted by Gasteiger charge is -2.26. The maximum absolute atomic E-state index is 13.1. The summed E-state index contributed by atoms with van der Waals surface area (Å²) in [5.74, 6) is 0.484. The molecule has 0 bridgehead atoms. The normalized spacial score (nSPS) is 14.7. The Morgan fingerprint density at radius 2 is 1.82 bits per heavy atom. The molecule has 4 rings (SSSR count). The number of aromatic nitrogens is 1. The van der Waals surface area contributed by atoms with Gasteiger partial charge in [-0.1, -0.05) is 18.6 Å². The van der Waals surface area contributed by atoms with E-state index in [9.17, 15) is 13.2 Å². The van der Waals surface area contributed by atoms with Crippen LogP contribution in [0.15, 0.2) is 76.8 Å². The number of piperidine rings is 1. The average molecular weight is 482 g/mol. The van der Waals surface area contributed by atoms with E-state index in [2.05, 4.69) is 10.3 Å². The minimum Gasteiger partial charge on any atom is -0.322 e. The van der Waals surface area contributed by atoms with Crippen molar-refractivity contribution < 1.29 is 13.2 Å². The Morgan fingerprint density at radius 1 is 1.06 bits per heavy atom. The molecule has 0 spiro atoms. The van der Waals surface area contributed by atoms with Gasteiger partial charge in [-0.25, -0.2) is 8.42 Å². The molecule has 0 saturated carbocycles. The lowest BCUT2D eigenvalue weighted by Crippen LogP contribution is -2.36. The van der Waals surface area contributed by atoms with Gasteiger partial charge in [-0.2, -0.15) is 4.31 Å². The monoisotopic (exact) mass is 481 g/mol. The van der Waals surface area contributed by atoms with Crippen LogP contribution >= 0.6 is 11.8 Å². The molecule has 2 heterocycles. The molecule has 3 aromatic rings. The zero-order chi connectivity index (χ0) is 23.3. The highest BCUT2D eigenvalue weighted by atomic mass is 32.2. The van der Waals surface area contributed by atoms with Crippen LogP contribution in [-0.4, -0.2) is 36.7 Å². The van der Waals surface area contributed by atoms with Crippen molar-refractivity contribution in [3.8, 4) is 0 Å². The second-order valence-corrected chi connectivity index (χ2v) is 11.0. The van der Waals surface area contributed by atoms with E-state index in [0.717, 1.165) is 35.5 Å². The molecule has 0 unspecified atom stereocenters. The number of sulfonamides is 1. The zero-order valence-corrected chi connectivity index (χ0v) is 20.2. The van der Waals surface area contributed by atoms with Gasteiger partial charge in [0.05, 0.1) is 4.90 Å². The van der Waals surface area contributed by atoms with Crippen molar-refractivity contribution in [1.82, 2.24) is 9.29 Å². The Kier molecular flexibility index (Phi) is 7.47. The Hall–Kier alpha value is -2.68. The fourth-order valence-corrected chi connectivity index (χ4v) is 6.35. The summed E-state index contributed by atoms with van der Waals surface area (Å²) in [5.41, 5.74) is 2.78. The predicted molar refractivity (Wildman–Crippen MR) is 132 cm³/mol. The third-order valence-corrected chi connectivity index (χ3v) is 8.75. The maximum atomic E-state index is 13.1. The van der Waals surface area contributed by atoms with E-state index >= 15 is 0 Å². The third kappa shape index (κ3) is 5.82. The summed E-state index contributed by atoms with van der Waals surface area (Å²) < 4.78 is 27.8. The summed E-state index contributed by atoms with van der Waals surface area (Å²) in [6.07, 6.45) is 6.40. The lowest BCUT2D eigenvalue weighted by atomic mass is 10.1. The van der Waals surface area contributed by atoms with Crippen LogP contribution < -0.4 is 5.32 Å². The second kappa shape index (κ2) is 10.5. The molecule has 0 atom stereocenters. The number of hydrogen-bond acceptors (Lipinski definition) is 5. The standard InChI is InChI=1S/C25H27N3O3S2/c1-19-7-8-21(16-24(19)33(30,31)28-14-3-2-4-15-28)25(29)27-22-9-11-23(12-10-22)32-18-20-6-5-13-26-17-20/h5-13,16-17H,2-4,14-15,18H2,1H3,(H,27,29). The molecule has 172 valence electrons. The molecule has 1 N–H and O–H groups in total. The zero-order valence-electron chi connectivity index (χ0n) is 18.5. The first-order chi connectivity index (χ1) is 15.9. The molecule has 1 fully saturated rings. The number of carbonyl (C=O) groups is 1. The van der Waals surface area contributed by atoms with E-state index < -0.39 is 10.0 Å². The average Bonchev–Trinajstić information content (AvgIpc) is 2.85. The summed E-state index contributed by atoms with van der Waals surface area (Å²) >= 11 is 1.69. The molecule has 2 aromatic carbocycles. The number of pyridine rings is 1. The van der Waals surface area contributed by atoms with Gasteiger partial charge in [0.1, 0.15) is 0 Å². The lowest BCUT2D eigenvalue weighted by molar-refractivity contribution is 0.102. The van der Waals surface area contributed by atoms with Gasteiger partial charge in [-0.15, -0.1) is 11.8 Å². The van der Waals surface area contributed by atoms with Gasteiger partial charge in [-0.3, -0.25) is 9.78 Å². The summed E-state index contributed by atoms with van der Waals surface area (Å²) in [7, 11) is -3.61. The number of nitrogens with one attached hydrogen (secondary N) is 1. The SMILES string of the molecule is Cc1ccc(C(=O)Nc2ccc(SCc3cccnc3)cc2)cc1S(=O)(=O)N1CCCCC1. The number of aryl methyl sites for hydroxylation is 1. The van der Waals surface area contributed by atoms with Crippen LogP contribution in [0.4, 0.5) is 5.69 Å². The maximum Gasteiger partial charge on any atom is 0.255 e. The number of benzene rings is 2. The highest BCUT2D eigenvalue weighted by Crippen LogP contribution is 2.26. The van der Waals surface area contributed by atoms with Crippen LogP contribution in [0.5, 0.6) is 0 Å². The Balaban J connectivity index is 1.43. The number of hydrogen-bond donors (Lipinski definition) is 1. The quantitative estimate of drug-likeness (QED) is 0.475. The number of amides is 1. The second-order valence-electron chi connectivity index (χ2n) is 8.07. The number of carbonyl (C=O) groups excluding carboxylic acids is 1. The van der Waals surface area contributed by atoms with E-state index in [1.54, 1.807) is 37.0 Å². The van der Waals surface area contributed by atoms with Crippen molar-refractivity contribution in [2.45, 2.75) is 41.7 Å². The Bertz CT molecular complexity index is 1210. The summed E-state index contributed by atoms with van der Waals surface area (Å²) in [5, 5.41) is 2.87. The Labute approximate surface area is 199 Å². The largest absolute Gasteiger partial charge is 0.322 e. The molecular weight excluding hydrogens is 454 g/mol. The molecule has 1 amide bonds. The topological polar surface area (TPSA) is 79.4 Å². The van der Waals surface area contributed by atoms with Crippen molar-refractivity contribution >= 4 is 33.4 Å². The highest BCUT2D eigenvalue weighted by Gasteiger charge is 2.28. The fourth-order valence-electron chi connectivity index (χ4n) is 3.75. The van der Waals surface area contributed by atoms with Crippen LogP contribution in [0.1, 0.15) is 40.7 Å². The number of rotatable bonds is 7. The number of anilines is 1. The summed E-state index contributed by atoms with van der Waals surface area (Å²) in [6, 6.07) is 16.4. The van der Waals surface area contributed by atoms with E-state index in [1.807, 2.05) is 42.6 Å². The molecule has 1 aromatic heterocycles. The molecule has 33 heavy (non-hydrogen) atoms. The van der Waals surface area contributed by atoms with Gasteiger partial charge in [0.25, 0.3) is 5.91 Å². The van der Waals surface area contributed by atoms with Crippen LogP contribution in [0.3, 0.4) is 0 Å². The number of thioether (sulfide) groups is 1. The van der Waals surface area contributed by atoms with E-state index in [4.69, 9.17) is 0 Å². The number of nitrogens with zero attached hydrogens (tertiary/aromatic N) is 2. The van der Waals surface area contributed by atoms with Gasteiger partial charge in [0.15, 0.2) is 0 Å². The summed E-state index contributed by atoms with van der Waals surface area (Å²) in [4.78, 5) is 18.3. The van der Waals surface area contributed by atoms with Crippen LogP contribution in [-0.2, 0) is 15.8 Å². The van der Waals surface area contributed by atoms with Gasteiger partial charge >= 0.3 is 0 Å². The first kappa shape index (κ1) is 23.5. The molecule has 1 aliphatic heterocycles. The van der Waals surface area contributed by atoms with E-state index in [-0.39, 0.29) is 10.8 Å². The van der Waals surface area contributed by atoms with Crippen molar-refractivity contribution in [3.63, 3.8) is 0 Å². The van der Waals surface area contributed by atoms with Crippen molar-refractivity contribution in [1.29, 1.82) is 0 Å². The van der Waals surface area contributed by atoms with Crippen molar-refractivity contribution in [2.24, 2.45) is 0 Å². The van der Waals surface area contributed by atoms with Crippen molar-refractivity contribution in [3.05, 3.63) is 83.7 Å². The third-order valence-electron chi connectivity index (χ3n) is 5.62. The minimum absolute atomic E-state index is 0.208. The first-order valence-electron chi connectivity index (χ1n) is 11.0. The molecular formula is C25H27N3O3S2. The molecule has 1 aliphatic rings. The van der Waals surface area contributed by atoms with E-state index in [0.29, 0.717) is 29.9 Å². The van der Waals surface area contributed by atoms with Crippen LogP contribution in [0, 0.1) is 6.92 Å². The first-order valence-corrected chi connectivity index (χ1v) is 13.4. The molecule has 6 nitrogen and oxygen atoms in total.